The molecule has 0 radical (unpaired) electrons. The number of aliphatic hydroxyl groups is 1. The van der Waals surface area contributed by atoms with E-state index in [1.165, 1.54) is 14.0 Å². The van der Waals surface area contributed by atoms with Crippen LogP contribution in [0.25, 0.3) is 0 Å². The Hall–Kier alpha value is -2.77. The van der Waals surface area contributed by atoms with E-state index in [1.54, 1.807) is 12.1 Å². The van der Waals surface area contributed by atoms with Gasteiger partial charge in [0.2, 0.25) is 0 Å². The smallest absolute Gasteiger partial charge is 0.308 e. The van der Waals surface area contributed by atoms with Gasteiger partial charge in [-0.3, -0.25) is 4.79 Å². The quantitative estimate of drug-likeness (QED) is 0.537. The second-order valence-electron chi connectivity index (χ2n) is 4.54. The van der Waals surface area contributed by atoms with Crippen LogP contribution in [0.1, 0.15) is 23.6 Å². The lowest BCUT2D eigenvalue weighted by Crippen LogP contribution is -2.05. The van der Waals surface area contributed by atoms with Crippen molar-refractivity contribution in [2.75, 3.05) is 7.11 Å². The van der Waals surface area contributed by atoms with E-state index in [-0.39, 0.29) is 12.4 Å². The van der Waals surface area contributed by atoms with Gasteiger partial charge in [0.1, 0.15) is 0 Å². The Bertz CT molecular complexity index is 724. The summed E-state index contributed by atoms with van der Waals surface area (Å²) in [7, 11) is 1.47. The Morgan fingerprint density at radius 2 is 1.91 bits per heavy atom. The van der Waals surface area contributed by atoms with Crippen LogP contribution in [0.5, 0.6) is 11.5 Å². The van der Waals surface area contributed by atoms with Crippen LogP contribution in [0, 0.1) is 11.8 Å². The van der Waals surface area contributed by atoms with E-state index in [0.717, 1.165) is 5.56 Å². The molecule has 0 amide bonds. The molecule has 2 rings (SSSR count). The topological polar surface area (TPSA) is 55.8 Å². The number of aliphatic hydroxyl groups excluding tert-OH is 1. The monoisotopic (exact) mass is 296 g/mol. The van der Waals surface area contributed by atoms with Crippen molar-refractivity contribution >= 4 is 5.97 Å². The van der Waals surface area contributed by atoms with Crippen LogP contribution in [0.2, 0.25) is 0 Å². The van der Waals surface area contributed by atoms with Crippen LogP contribution >= 0.6 is 0 Å². The Morgan fingerprint density at radius 1 is 1.18 bits per heavy atom. The van der Waals surface area contributed by atoms with E-state index in [0.29, 0.717) is 16.9 Å². The molecule has 0 aliphatic carbocycles. The summed E-state index contributed by atoms with van der Waals surface area (Å²) < 4.78 is 10.4. The van der Waals surface area contributed by atoms with Gasteiger partial charge in [-0.2, -0.15) is 0 Å². The predicted molar refractivity (Wildman–Crippen MR) is 82.6 cm³/mol. The molecule has 0 aromatic heterocycles. The predicted octanol–water partition coefficient (Wildman–Crippen LogP) is 2.51. The fraction of sp³-hybridized carbons (Fsp3) is 0.167. The average molecular weight is 296 g/mol. The zero-order valence-electron chi connectivity index (χ0n) is 12.4. The lowest BCUT2D eigenvalue weighted by Gasteiger charge is -2.11. The van der Waals surface area contributed by atoms with Crippen molar-refractivity contribution in [1.82, 2.24) is 0 Å². The van der Waals surface area contributed by atoms with Crippen LogP contribution in [0.15, 0.2) is 42.5 Å². The molecule has 1 N–H and O–H groups in total. The number of benzene rings is 2. The highest BCUT2D eigenvalue weighted by atomic mass is 16.6. The first-order chi connectivity index (χ1) is 10.6. The van der Waals surface area contributed by atoms with Gasteiger partial charge < -0.3 is 14.6 Å². The third-order valence-corrected chi connectivity index (χ3v) is 2.88. The van der Waals surface area contributed by atoms with Crippen LogP contribution in [-0.4, -0.2) is 18.2 Å². The van der Waals surface area contributed by atoms with Crippen LogP contribution in [0.4, 0.5) is 0 Å². The molecule has 0 heterocycles. The minimum Gasteiger partial charge on any atom is -0.493 e. The lowest BCUT2D eigenvalue weighted by atomic mass is 10.1. The number of esters is 1. The van der Waals surface area contributed by atoms with Crippen molar-refractivity contribution < 1.29 is 19.4 Å². The maximum atomic E-state index is 11.3. The normalized spacial score (nSPS) is 9.59. The van der Waals surface area contributed by atoms with Crippen molar-refractivity contribution in [1.29, 1.82) is 0 Å². The van der Waals surface area contributed by atoms with Gasteiger partial charge in [-0.1, -0.05) is 30.0 Å². The molecule has 0 saturated carbocycles. The van der Waals surface area contributed by atoms with Gasteiger partial charge in [0.25, 0.3) is 0 Å². The fourth-order valence-corrected chi connectivity index (χ4v) is 1.91. The molecule has 0 fully saturated rings. The summed E-state index contributed by atoms with van der Waals surface area (Å²) in [5, 5.41) is 9.33. The molecule has 0 spiro atoms. The van der Waals surface area contributed by atoms with Crippen molar-refractivity contribution in [3.05, 3.63) is 59.2 Å². The zero-order chi connectivity index (χ0) is 15.9. The Balaban J connectivity index is 2.52. The standard InChI is InChI=1S/C18H16O4/c1-13(20)22-18-16(9-8-14-6-4-3-5-7-14)10-15(12-19)11-17(18)21-2/h3-7,10-11,19H,12H2,1-2H3. The molecule has 0 saturated heterocycles. The van der Waals surface area contributed by atoms with Gasteiger partial charge in [-0.15, -0.1) is 0 Å². The van der Waals surface area contributed by atoms with E-state index in [9.17, 15) is 9.90 Å². The third-order valence-electron chi connectivity index (χ3n) is 2.88. The summed E-state index contributed by atoms with van der Waals surface area (Å²) in [6.45, 7) is 1.16. The number of rotatable bonds is 3. The third kappa shape index (κ3) is 3.87. The summed E-state index contributed by atoms with van der Waals surface area (Å²) in [5.41, 5.74) is 1.96. The van der Waals surface area contributed by atoms with E-state index in [4.69, 9.17) is 9.47 Å². The summed E-state index contributed by atoms with van der Waals surface area (Å²) >= 11 is 0. The number of carbonyl (C=O) groups excluding carboxylic acids is 1. The molecule has 0 bridgehead atoms. The second-order valence-corrected chi connectivity index (χ2v) is 4.54. The molecule has 0 aliphatic rings. The number of carbonyl (C=O) groups is 1. The molecular weight excluding hydrogens is 280 g/mol. The van der Waals surface area contributed by atoms with Crippen molar-refractivity contribution in [2.24, 2.45) is 0 Å². The average Bonchev–Trinajstić information content (AvgIpc) is 2.54. The van der Waals surface area contributed by atoms with Crippen molar-refractivity contribution in [3.8, 4) is 23.3 Å². The van der Waals surface area contributed by atoms with E-state index in [2.05, 4.69) is 11.8 Å². The van der Waals surface area contributed by atoms with Gasteiger partial charge >= 0.3 is 5.97 Å². The molecule has 0 atom stereocenters. The molecule has 22 heavy (non-hydrogen) atoms. The first kappa shape index (κ1) is 15.6. The molecule has 112 valence electrons. The van der Waals surface area contributed by atoms with Crippen molar-refractivity contribution in [2.45, 2.75) is 13.5 Å². The molecule has 2 aromatic carbocycles. The fourth-order valence-electron chi connectivity index (χ4n) is 1.91. The second kappa shape index (κ2) is 7.30. The molecule has 2 aromatic rings. The summed E-state index contributed by atoms with van der Waals surface area (Å²) in [5.74, 6) is 6.12. The molecule has 4 heteroatoms. The van der Waals surface area contributed by atoms with Gasteiger partial charge in [0.05, 0.1) is 19.3 Å². The summed E-state index contributed by atoms with van der Waals surface area (Å²) in [4.78, 5) is 11.3. The maximum Gasteiger partial charge on any atom is 0.308 e. The van der Waals surface area contributed by atoms with Gasteiger partial charge in [0.15, 0.2) is 11.5 Å². The van der Waals surface area contributed by atoms with Gasteiger partial charge in [-0.05, 0) is 29.8 Å². The lowest BCUT2D eigenvalue weighted by molar-refractivity contribution is -0.132. The van der Waals surface area contributed by atoms with Gasteiger partial charge in [0, 0.05) is 12.5 Å². The largest absolute Gasteiger partial charge is 0.493 e. The molecular formula is C18H16O4. The first-order valence-corrected chi connectivity index (χ1v) is 6.71. The molecule has 0 unspecified atom stereocenters. The van der Waals surface area contributed by atoms with E-state index >= 15 is 0 Å². The Labute approximate surface area is 129 Å². The van der Waals surface area contributed by atoms with Crippen molar-refractivity contribution in [3.63, 3.8) is 0 Å². The highest BCUT2D eigenvalue weighted by Crippen LogP contribution is 2.32. The molecule has 0 aliphatic heterocycles. The number of methoxy groups -OCH3 is 1. The zero-order valence-corrected chi connectivity index (χ0v) is 12.4. The van der Waals surface area contributed by atoms with Crippen LogP contribution in [0.3, 0.4) is 0 Å². The number of hydrogen-bond donors (Lipinski definition) is 1. The van der Waals surface area contributed by atoms with Crippen LogP contribution in [-0.2, 0) is 11.4 Å². The first-order valence-electron chi connectivity index (χ1n) is 6.71. The highest BCUT2D eigenvalue weighted by Gasteiger charge is 2.14. The van der Waals surface area contributed by atoms with Gasteiger partial charge in [-0.25, -0.2) is 0 Å². The summed E-state index contributed by atoms with van der Waals surface area (Å²) in [6.07, 6.45) is 0. The van der Waals surface area contributed by atoms with Crippen LogP contribution < -0.4 is 9.47 Å². The Kier molecular flexibility index (Phi) is 5.18. The number of ether oxygens (including phenoxy) is 2. The van der Waals surface area contributed by atoms with E-state index in [1.807, 2.05) is 30.3 Å². The summed E-state index contributed by atoms with van der Waals surface area (Å²) in [6, 6.07) is 12.7. The minimum atomic E-state index is -0.460. The SMILES string of the molecule is COc1cc(CO)cc(C#Cc2ccccc2)c1OC(C)=O. The van der Waals surface area contributed by atoms with E-state index < -0.39 is 5.97 Å². The maximum absolute atomic E-state index is 11.3. The highest BCUT2D eigenvalue weighted by molar-refractivity contribution is 5.72. The Morgan fingerprint density at radius 3 is 2.50 bits per heavy atom. The minimum absolute atomic E-state index is 0.156. The number of hydrogen-bond acceptors (Lipinski definition) is 4. The molecule has 4 nitrogen and oxygen atoms in total.